The Morgan fingerprint density at radius 3 is 2.20 bits per heavy atom. The van der Waals surface area contributed by atoms with Crippen LogP contribution in [0.4, 0.5) is 5.69 Å². The van der Waals surface area contributed by atoms with Crippen LogP contribution in [0.1, 0.15) is 24.0 Å². The van der Waals surface area contributed by atoms with Crippen molar-refractivity contribution < 1.29 is 0 Å². The molecule has 2 rings (SSSR count). The van der Waals surface area contributed by atoms with Crippen molar-refractivity contribution in [1.29, 1.82) is 0 Å². The van der Waals surface area contributed by atoms with E-state index in [2.05, 4.69) is 73.3 Å². The normalized spacial score (nSPS) is 12.2. The van der Waals surface area contributed by atoms with Crippen molar-refractivity contribution >= 4 is 5.69 Å². The zero-order valence-electron chi connectivity index (χ0n) is 12.4. The summed E-state index contributed by atoms with van der Waals surface area (Å²) in [7, 11) is 0. The number of anilines is 1. The molecule has 0 aliphatic heterocycles. The standard InChI is InChI=1S/C18H24N2/c1-3-20(18-11-9-15(2)10-12-18)14-17(13-19)16-7-5-4-6-8-16/h4-12,17H,3,13-14,19H2,1-2H3. The molecule has 0 fully saturated rings. The lowest BCUT2D eigenvalue weighted by Crippen LogP contribution is -2.31. The first kappa shape index (κ1) is 14.6. The SMILES string of the molecule is CCN(CC(CN)c1ccccc1)c1ccc(C)cc1. The number of likely N-dealkylation sites (N-methyl/N-ethyl adjacent to an activating group) is 1. The lowest BCUT2D eigenvalue weighted by Gasteiger charge is -2.28. The van der Waals surface area contributed by atoms with E-state index in [4.69, 9.17) is 5.73 Å². The third kappa shape index (κ3) is 3.61. The van der Waals surface area contributed by atoms with Crippen LogP contribution in [0.5, 0.6) is 0 Å². The van der Waals surface area contributed by atoms with Gasteiger partial charge in [-0.15, -0.1) is 0 Å². The van der Waals surface area contributed by atoms with Crippen molar-refractivity contribution in [1.82, 2.24) is 0 Å². The number of hydrogen-bond acceptors (Lipinski definition) is 2. The van der Waals surface area contributed by atoms with Crippen molar-refractivity contribution in [2.75, 3.05) is 24.5 Å². The third-order valence-corrected chi connectivity index (χ3v) is 3.78. The molecule has 2 aromatic rings. The van der Waals surface area contributed by atoms with Crippen LogP contribution in [0.15, 0.2) is 54.6 Å². The summed E-state index contributed by atoms with van der Waals surface area (Å²) in [6, 6.07) is 19.3. The van der Waals surface area contributed by atoms with Gasteiger partial charge in [-0.2, -0.15) is 0 Å². The van der Waals surface area contributed by atoms with E-state index in [1.165, 1.54) is 16.8 Å². The van der Waals surface area contributed by atoms with E-state index in [0.29, 0.717) is 12.5 Å². The first-order chi connectivity index (χ1) is 9.74. The van der Waals surface area contributed by atoms with Crippen LogP contribution in [0.3, 0.4) is 0 Å². The first-order valence-electron chi connectivity index (χ1n) is 7.31. The highest BCUT2D eigenvalue weighted by Gasteiger charge is 2.14. The molecule has 106 valence electrons. The van der Waals surface area contributed by atoms with E-state index in [-0.39, 0.29) is 0 Å². The van der Waals surface area contributed by atoms with E-state index < -0.39 is 0 Å². The highest BCUT2D eigenvalue weighted by Crippen LogP contribution is 2.21. The molecule has 1 unspecified atom stereocenters. The Morgan fingerprint density at radius 1 is 1.00 bits per heavy atom. The van der Waals surface area contributed by atoms with Crippen LogP contribution in [-0.2, 0) is 0 Å². The molecule has 0 aliphatic carbocycles. The van der Waals surface area contributed by atoms with Crippen molar-refractivity contribution in [2.45, 2.75) is 19.8 Å². The number of nitrogens with zero attached hydrogens (tertiary/aromatic N) is 1. The number of aryl methyl sites for hydroxylation is 1. The van der Waals surface area contributed by atoms with Gasteiger partial charge in [-0.25, -0.2) is 0 Å². The van der Waals surface area contributed by atoms with Crippen molar-refractivity contribution in [2.24, 2.45) is 5.73 Å². The van der Waals surface area contributed by atoms with Gasteiger partial charge in [-0.1, -0.05) is 48.0 Å². The molecule has 0 heterocycles. The average Bonchev–Trinajstić information content (AvgIpc) is 2.51. The molecule has 0 radical (unpaired) electrons. The molecule has 20 heavy (non-hydrogen) atoms. The number of hydrogen-bond donors (Lipinski definition) is 1. The fourth-order valence-corrected chi connectivity index (χ4v) is 2.48. The summed E-state index contributed by atoms with van der Waals surface area (Å²) in [5.41, 5.74) is 9.87. The minimum atomic E-state index is 0.373. The highest BCUT2D eigenvalue weighted by atomic mass is 15.1. The summed E-state index contributed by atoms with van der Waals surface area (Å²) in [6.07, 6.45) is 0. The molecular formula is C18H24N2. The average molecular weight is 268 g/mol. The molecule has 0 saturated carbocycles. The molecule has 2 heteroatoms. The fraction of sp³-hybridized carbons (Fsp3) is 0.333. The van der Waals surface area contributed by atoms with Crippen molar-refractivity contribution in [3.05, 3.63) is 65.7 Å². The van der Waals surface area contributed by atoms with Gasteiger partial charge in [0.1, 0.15) is 0 Å². The zero-order valence-corrected chi connectivity index (χ0v) is 12.4. The molecule has 2 N–H and O–H groups in total. The Balaban J connectivity index is 2.14. The summed E-state index contributed by atoms with van der Waals surface area (Å²) in [4.78, 5) is 2.39. The Bertz CT molecular complexity index is 505. The van der Waals surface area contributed by atoms with Gasteiger partial charge in [0.2, 0.25) is 0 Å². The molecule has 0 saturated heterocycles. The van der Waals surface area contributed by atoms with Gasteiger partial charge in [-0.3, -0.25) is 0 Å². The number of rotatable bonds is 6. The van der Waals surface area contributed by atoms with Crippen molar-refractivity contribution in [3.63, 3.8) is 0 Å². The van der Waals surface area contributed by atoms with E-state index in [0.717, 1.165) is 13.1 Å². The fourth-order valence-electron chi connectivity index (χ4n) is 2.48. The maximum atomic E-state index is 5.98. The van der Waals surface area contributed by atoms with E-state index in [9.17, 15) is 0 Å². The zero-order chi connectivity index (χ0) is 14.4. The molecular weight excluding hydrogens is 244 g/mol. The molecule has 0 spiro atoms. The second-order valence-electron chi connectivity index (χ2n) is 5.22. The second-order valence-corrected chi connectivity index (χ2v) is 5.22. The predicted octanol–water partition coefficient (Wildman–Crippen LogP) is 3.56. The van der Waals surface area contributed by atoms with E-state index in [1.54, 1.807) is 0 Å². The van der Waals surface area contributed by atoms with Crippen LogP contribution < -0.4 is 10.6 Å². The smallest absolute Gasteiger partial charge is 0.0366 e. The van der Waals surface area contributed by atoms with Crippen LogP contribution in [0.25, 0.3) is 0 Å². The molecule has 0 aliphatic rings. The van der Waals surface area contributed by atoms with Gasteiger partial charge < -0.3 is 10.6 Å². The summed E-state index contributed by atoms with van der Waals surface area (Å²) >= 11 is 0. The van der Waals surface area contributed by atoms with E-state index in [1.807, 2.05) is 0 Å². The topological polar surface area (TPSA) is 29.3 Å². The quantitative estimate of drug-likeness (QED) is 0.868. The van der Waals surface area contributed by atoms with Gasteiger partial charge in [0, 0.05) is 31.2 Å². The molecule has 0 amide bonds. The maximum Gasteiger partial charge on any atom is 0.0366 e. The Kier molecular flexibility index (Phi) is 5.19. The van der Waals surface area contributed by atoms with Crippen LogP contribution in [-0.4, -0.2) is 19.6 Å². The highest BCUT2D eigenvalue weighted by molar-refractivity contribution is 5.48. The van der Waals surface area contributed by atoms with Gasteiger partial charge in [0.15, 0.2) is 0 Å². The summed E-state index contributed by atoms with van der Waals surface area (Å²) < 4.78 is 0. The lowest BCUT2D eigenvalue weighted by molar-refractivity contribution is 0.659. The Labute approximate surface area is 122 Å². The van der Waals surface area contributed by atoms with Gasteiger partial charge >= 0.3 is 0 Å². The number of benzene rings is 2. The largest absolute Gasteiger partial charge is 0.371 e. The first-order valence-corrected chi connectivity index (χ1v) is 7.31. The molecule has 1 atom stereocenters. The van der Waals surface area contributed by atoms with Gasteiger partial charge in [0.25, 0.3) is 0 Å². The van der Waals surface area contributed by atoms with E-state index >= 15 is 0 Å². The van der Waals surface area contributed by atoms with Gasteiger partial charge in [-0.05, 0) is 31.5 Å². The number of nitrogens with two attached hydrogens (primary N) is 1. The van der Waals surface area contributed by atoms with Crippen LogP contribution in [0, 0.1) is 6.92 Å². The Hall–Kier alpha value is -1.80. The maximum absolute atomic E-state index is 5.98. The monoisotopic (exact) mass is 268 g/mol. The predicted molar refractivity (Wildman–Crippen MR) is 87.3 cm³/mol. The summed E-state index contributed by atoms with van der Waals surface area (Å²) in [5, 5.41) is 0. The molecule has 2 nitrogen and oxygen atoms in total. The molecule has 0 aromatic heterocycles. The van der Waals surface area contributed by atoms with Crippen LogP contribution >= 0.6 is 0 Å². The second kappa shape index (κ2) is 7.11. The lowest BCUT2D eigenvalue weighted by atomic mass is 9.98. The van der Waals surface area contributed by atoms with Crippen LogP contribution in [0.2, 0.25) is 0 Å². The Morgan fingerprint density at radius 2 is 1.65 bits per heavy atom. The summed E-state index contributed by atoms with van der Waals surface area (Å²) in [5.74, 6) is 0.373. The summed E-state index contributed by atoms with van der Waals surface area (Å²) in [6.45, 7) is 6.93. The minimum Gasteiger partial charge on any atom is -0.371 e. The minimum absolute atomic E-state index is 0.373. The third-order valence-electron chi connectivity index (χ3n) is 3.78. The molecule has 2 aromatic carbocycles. The molecule has 0 bridgehead atoms. The van der Waals surface area contributed by atoms with Crippen molar-refractivity contribution in [3.8, 4) is 0 Å². The van der Waals surface area contributed by atoms with Gasteiger partial charge in [0.05, 0.1) is 0 Å².